The third-order valence-corrected chi connectivity index (χ3v) is 7.28. The van der Waals surface area contributed by atoms with Gasteiger partial charge in [0, 0.05) is 50.8 Å². The lowest BCUT2D eigenvalue weighted by molar-refractivity contribution is -0.133. The molecular formula is C32H34N4O3. The molecule has 0 spiro atoms. The van der Waals surface area contributed by atoms with Crippen LogP contribution in [-0.4, -0.2) is 58.8 Å². The molecule has 7 heteroatoms. The molecule has 0 atom stereocenters. The smallest absolute Gasteiger partial charge is 0.266 e. The third-order valence-electron chi connectivity index (χ3n) is 7.28. The lowest BCUT2D eigenvalue weighted by Gasteiger charge is -2.40. The number of carbonyl (C=O) groups excluding carboxylic acids is 1. The summed E-state index contributed by atoms with van der Waals surface area (Å²) in [7, 11) is 1.63. The highest BCUT2D eigenvalue weighted by Crippen LogP contribution is 2.29. The standard InChI is InChI=1S/C32H34N4O3/c1-39-28-16-14-25(15-17-28)29-18-19-31(38)36(33-29)20-8-13-30(37)34-21-23-35(24-22-34)32(26-9-4-2-5-10-26)27-11-6-3-7-12-27/h2-7,9-12,14-19,32H,8,13,20-24H2,1H3. The SMILES string of the molecule is COc1ccc(-c2ccc(=O)n(CCCC(=O)N3CCN(C(c4ccccc4)c4ccccc4)CC3)n2)cc1. The minimum Gasteiger partial charge on any atom is -0.497 e. The Morgan fingerprint density at radius 1 is 0.821 bits per heavy atom. The summed E-state index contributed by atoms with van der Waals surface area (Å²) >= 11 is 0. The molecule has 1 amide bonds. The molecular weight excluding hydrogens is 488 g/mol. The lowest BCUT2D eigenvalue weighted by Crippen LogP contribution is -2.49. The predicted molar refractivity (Wildman–Crippen MR) is 153 cm³/mol. The Hall–Kier alpha value is -4.23. The second kappa shape index (κ2) is 12.5. The van der Waals surface area contributed by atoms with Gasteiger partial charge in [-0.3, -0.25) is 14.5 Å². The first-order valence-corrected chi connectivity index (χ1v) is 13.5. The van der Waals surface area contributed by atoms with E-state index in [9.17, 15) is 9.59 Å². The molecule has 1 saturated heterocycles. The summed E-state index contributed by atoms with van der Waals surface area (Å²) in [6, 6.07) is 32.1. The summed E-state index contributed by atoms with van der Waals surface area (Å²) in [5, 5.41) is 4.53. The Bertz CT molecular complexity index is 1370. The molecule has 0 radical (unpaired) electrons. The van der Waals surface area contributed by atoms with Gasteiger partial charge >= 0.3 is 0 Å². The van der Waals surface area contributed by atoms with E-state index in [1.54, 1.807) is 13.2 Å². The van der Waals surface area contributed by atoms with Crippen molar-refractivity contribution in [2.45, 2.75) is 25.4 Å². The minimum absolute atomic E-state index is 0.130. The van der Waals surface area contributed by atoms with Crippen LogP contribution < -0.4 is 10.3 Å². The zero-order chi connectivity index (χ0) is 27.0. The van der Waals surface area contributed by atoms with Gasteiger partial charge < -0.3 is 9.64 Å². The van der Waals surface area contributed by atoms with Crippen molar-refractivity contribution >= 4 is 5.91 Å². The number of carbonyl (C=O) groups is 1. The van der Waals surface area contributed by atoms with Gasteiger partial charge in [0.15, 0.2) is 0 Å². The Balaban J connectivity index is 1.16. The van der Waals surface area contributed by atoms with Gasteiger partial charge in [-0.25, -0.2) is 4.68 Å². The van der Waals surface area contributed by atoms with Crippen molar-refractivity contribution in [1.29, 1.82) is 0 Å². The molecule has 0 unspecified atom stereocenters. The van der Waals surface area contributed by atoms with Crippen molar-refractivity contribution in [3.63, 3.8) is 0 Å². The zero-order valence-corrected chi connectivity index (χ0v) is 22.3. The highest BCUT2D eigenvalue weighted by atomic mass is 16.5. The van der Waals surface area contributed by atoms with Crippen LogP contribution in [0.2, 0.25) is 0 Å². The average Bonchev–Trinajstić information content (AvgIpc) is 3.00. The number of nitrogens with zero attached hydrogens (tertiary/aromatic N) is 4. The van der Waals surface area contributed by atoms with Crippen molar-refractivity contribution in [3.05, 3.63) is 119 Å². The van der Waals surface area contributed by atoms with Crippen LogP contribution in [0.5, 0.6) is 5.75 Å². The monoisotopic (exact) mass is 522 g/mol. The molecule has 1 aliphatic rings. The van der Waals surface area contributed by atoms with Crippen LogP contribution in [-0.2, 0) is 11.3 Å². The highest BCUT2D eigenvalue weighted by Gasteiger charge is 2.27. The number of hydrogen-bond acceptors (Lipinski definition) is 5. The second-order valence-electron chi connectivity index (χ2n) is 9.75. The fourth-order valence-corrected chi connectivity index (χ4v) is 5.18. The van der Waals surface area contributed by atoms with Gasteiger partial charge in [0.05, 0.1) is 18.8 Å². The average molecular weight is 523 g/mol. The summed E-state index contributed by atoms with van der Waals surface area (Å²) < 4.78 is 6.67. The molecule has 7 nitrogen and oxygen atoms in total. The first kappa shape index (κ1) is 26.4. The molecule has 39 heavy (non-hydrogen) atoms. The van der Waals surface area contributed by atoms with Crippen LogP contribution in [0.1, 0.15) is 30.0 Å². The van der Waals surface area contributed by atoms with Gasteiger partial charge in [-0.05, 0) is 47.9 Å². The van der Waals surface area contributed by atoms with Crippen molar-refractivity contribution < 1.29 is 9.53 Å². The van der Waals surface area contributed by atoms with E-state index in [2.05, 4.69) is 58.5 Å². The molecule has 4 aromatic rings. The van der Waals surface area contributed by atoms with Gasteiger partial charge in [-0.1, -0.05) is 60.7 Å². The van der Waals surface area contributed by atoms with E-state index in [0.717, 1.165) is 24.4 Å². The largest absolute Gasteiger partial charge is 0.497 e. The van der Waals surface area contributed by atoms with E-state index in [1.165, 1.54) is 21.9 Å². The van der Waals surface area contributed by atoms with Crippen LogP contribution in [0, 0.1) is 0 Å². The summed E-state index contributed by atoms with van der Waals surface area (Å²) in [6.45, 7) is 3.41. The molecule has 0 N–H and O–H groups in total. The molecule has 5 rings (SSSR count). The molecule has 0 saturated carbocycles. The van der Waals surface area contributed by atoms with Crippen LogP contribution >= 0.6 is 0 Å². The lowest BCUT2D eigenvalue weighted by atomic mass is 9.96. The summed E-state index contributed by atoms with van der Waals surface area (Å²) in [5.41, 5.74) is 3.98. The first-order valence-electron chi connectivity index (χ1n) is 13.5. The maximum Gasteiger partial charge on any atom is 0.266 e. The summed E-state index contributed by atoms with van der Waals surface area (Å²) in [5.74, 6) is 0.895. The second-order valence-corrected chi connectivity index (χ2v) is 9.75. The molecule has 1 aromatic heterocycles. The fraction of sp³-hybridized carbons (Fsp3) is 0.281. The van der Waals surface area contributed by atoms with Crippen LogP contribution in [0.4, 0.5) is 0 Å². The Labute approximate surface area is 229 Å². The molecule has 200 valence electrons. The maximum atomic E-state index is 13.0. The summed E-state index contributed by atoms with van der Waals surface area (Å²) in [6.07, 6.45) is 0.955. The molecule has 1 aliphatic heterocycles. The van der Waals surface area contributed by atoms with Crippen molar-refractivity contribution in [1.82, 2.24) is 19.6 Å². The number of ether oxygens (including phenoxy) is 1. The Kier molecular flexibility index (Phi) is 8.48. The van der Waals surface area contributed by atoms with E-state index < -0.39 is 0 Å². The zero-order valence-electron chi connectivity index (χ0n) is 22.3. The van der Waals surface area contributed by atoms with E-state index in [-0.39, 0.29) is 17.5 Å². The number of benzene rings is 3. The van der Waals surface area contributed by atoms with Gasteiger partial charge in [0.1, 0.15) is 5.75 Å². The van der Waals surface area contributed by atoms with Gasteiger partial charge in [-0.2, -0.15) is 5.10 Å². The third kappa shape index (κ3) is 6.44. The van der Waals surface area contributed by atoms with Crippen LogP contribution in [0.15, 0.2) is 102 Å². The number of rotatable bonds is 9. The van der Waals surface area contributed by atoms with Crippen molar-refractivity contribution in [3.8, 4) is 17.0 Å². The van der Waals surface area contributed by atoms with Gasteiger partial charge in [0.2, 0.25) is 5.91 Å². The quantitative estimate of drug-likeness (QED) is 0.321. The number of piperazine rings is 1. The minimum atomic E-state index is -0.166. The fourth-order valence-electron chi connectivity index (χ4n) is 5.18. The van der Waals surface area contributed by atoms with Crippen molar-refractivity contribution in [2.75, 3.05) is 33.3 Å². The Morgan fingerprint density at radius 2 is 1.44 bits per heavy atom. The molecule has 0 bridgehead atoms. The molecule has 3 aromatic carbocycles. The maximum absolute atomic E-state index is 13.0. The van der Waals surface area contributed by atoms with Crippen LogP contribution in [0.3, 0.4) is 0 Å². The van der Waals surface area contributed by atoms with E-state index in [1.807, 2.05) is 41.3 Å². The molecule has 0 aliphatic carbocycles. The van der Waals surface area contributed by atoms with Gasteiger partial charge in [0.25, 0.3) is 5.56 Å². The number of methoxy groups -OCH3 is 1. The van der Waals surface area contributed by atoms with Crippen molar-refractivity contribution in [2.24, 2.45) is 0 Å². The highest BCUT2D eigenvalue weighted by molar-refractivity contribution is 5.76. The first-order chi connectivity index (χ1) is 19.1. The number of aryl methyl sites for hydroxylation is 1. The van der Waals surface area contributed by atoms with E-state index >= 15 is 0 Å². The normalized spacial score (nSPS) is 13.9. The van der Waals surface area contributed by atoms with E-state index in [0.29, 0.717) is 38.2 Å². The van der Waals surface area contributed by atoms with Gasteiger partial charge in [-0.15, -0.1) is 0 Å². The predicted octanol–water partition coefficient (Wildman–Crippen LogP) is 4.63. The number of hydrogen-bond donors (Lipinski definition) is 0. The molecule has 2 heterocycles. The Morgan fingerprint density at radius 3 is 2.03 bits per heavy atom. The number of amides is 1. The molecule has 1 fully saturated rings. The number of aromatic nitrogens is 2. The topological polar surface area (TPSA) is 67.7 Å². The summed E-state index contributed by atoms with van der Waals surface area (Å²) in [4.78, 5) is 29.8. The van der Waals surface area contributed by atoms with Crippen LogP contribution in [0.25, 0.3) is 11.3 Å². The van der Waals surface area contributed by atoms with E-state index in [4.69, 9.17) is 4.74 Å².